The van der Waals surface area contributed by atoms with Crippen LogP contribution in [0.2, 0.25) is 5.02 Å². The largest absolute Gasteiger partial charge is 0.345 e. The molecular weight excluding hydrogens is 354 g/mol. The molecule has 3 amide bonds. The van der Waals surface area contributed by atoms with Gasteiger partial charge in [0.15, 0.2) is 0 Å². The van der Waals surface area contributed by atoms with E-state index in [4.69, 9.17) is 11.6 Å². The zero-order valence-corrected chi connectivity index (χ0v) is 16.0. The van der Waals surface area contributed by atoms with E-state index in [2.05, 4.69) is 10.6 Å². The standard InChI is InChI=1S/C19H26ClN3O3/c1-13(2)11-16(22-18(25)14-5-7-15(20)8-6-14)19(26)21-12-17(24)23-9-3-4-10-23/h5-8,13,16H,3-4,9-12H2,1-2H3,(H,21,26)(H,22,25)/t16-/m0/s1. The maximum atomic E-state index is 12.5. The molecule has 0 unspecified atom stereocenters. The summed E-state index contributed by atoms with van der Waals surface area (Å²) in [5.41, 5.74) is 0.434. The van der Waals surface area contributed by atoms with E-state index < -0.39 is 6.04 Å². The Morgan fingerprint density at radius 1 is 1.12 bits per heavy atom. The first kappa shape index (κ1) is 20.2. The zero-order valence-electron chi connectivity index (χ0n) is 15.3. The Balaban J connectivity index is 1.94. The van der Waals surface area contributed by atoms with Gasteiger partial charge in [-0.2, -0.15) is 0 Å². The summed E-state index contributed by atoms with van der Waals surface area (Å²) in [6.07, 6.45) is 2.50. The SMILES string of the molecule is CC(C)C[C@H](NC(=O)c1ccc(Cl)cc1)C(=O)NCC(=O)N1CCCC1. The van der Waals surface area contributed by atoms with Crippen LogP contribution in [0, 0.1) is 5.92 Å². The van der Waals surface area contributed by atoms with Crippen molar-refractivity contribution < 1.29 is 14.4 Å². The fourth-order valence-corrected chi connectivity index (χ4v) is 3.04. The minimum atomic E-state index is -0.690. The van der Waals surface area contributed by atoms with Gasteiger partial charge in [-0.1, -0.05) is 25.4 Å². The normalized spacial score (nSPS) is 15.0. The van der Waals surface area contributed by atoms with Gasteiger partial charge < -0.3 is 15.5 Å². The molecule has 0 aliphatic carbocycles. The molecule has 1 aliphatic heterocycles. The third-order valence-corrected chi connectivity index (χ3v) is 4.56. The maximum absolute atomic E-state index is 12.5. The second-order valence-corrected chi connectivity index (χ2v) is 7.40. The van der Waals surface area contributed by atoms with Crippen LogP contribution in [0.5, 0.6) is 0 Å². The van der Waals surface area contributed by atoms with Gasteiger partial charge in [-0.25, -0.2) is 0 Å². The van der Waals surface area contributed by atoms with Crippen LogP contribution in [0.1, 0.15) is 43.5 Å². The molecule has 0 saturated carbocycles. The Bertz CT molecular complexity index is 640. The second-order valence-electron chi connectivity index (χ2n) is 6.97. The van der Waals surface area contributed by atoms with Crippen molar-refractivity contribution in [3.63, 3.8) is 0 Å². The van der Waals surface area contributed by atoms with Gasteiger partial charge in [-0.3, -0.25) is 14.4 Å². The molecular formula is C19H26ClN3O3. The molecule has 0 aromatic heterocycles. The first-order valence-electron chi connectivity index (χ1n) is 8.98. The molecule has 1 saturated heterocycles. The van der Waals surface area contributed by atoms with E-state index in [-0.39, 0.29) is 30.2 Å². The summed E-state index contributed by atoms with van der Waals surface area (Å²) in [4.78, 5) is 38.7. The summed E-state index contributed by atoms with van der Waals surface area (Å²) in [5, 5.41) is 5.96. The van der Waals surface area contributed by atoms with Crippen molar-refractivity contribution in [2.75, 3.05) is 19.6 Å². The molecule has 0 spiro atoms. The molecule has 1 aromatic rings. The minimum Gasteiger partial charge on any atom is -0.345 e. The lowest BCUT2D eigenvalue weighted by atomic mass is 10.0. The lowest BCUT2D eigenvalue weighted by Crippen LogP contribution is -2.49. The number of carbonyl (C=O) groups is 3. The van der Waals surface area contributed by atoms with Crippen molar-refractivity contribution in [2.24, 2.45) is 5.92 Å². The second kappa shape index (κ2) is 9.57. The summed E-state index contributed by atoms with van der Waals surface area (Å²) in [7, 11) is 0. The van der Waals surface area contributed by atoms with Crippen molar-refractivity contribution >= 4 is 29.3 Å². The lowest BCUT2D eigenvalue weighted by Gasteiger charge is -2.21. The first-order chi connectivity index (χ1) is 12.4. The van der Waals surface area contributed by atoms with Crippen LogP contribution >= 0.6 is 11.6 Å². The van der Waals surface area contributed by atoms with E-state index in [1.807, 2.05) is 13.8 Å². The molecule has 2 rings (SSSR count). The van der Waals surface area contributed by atoms with Gasteiger partial charge in [-0.05, 0) is 49.4 Å². The van der Waals surface area contributed by atoms with Crippen molar-refractivity contribution in [3.05, 3.63) is 34.9 Å². The Kier molecular flexibility index (Phi) is 7.45. The highest BCUT2D eigenvalue weighted by Crippen LogP contribution is 2.11. The summed E-state index contributed by atoms with van der Waals surface area (Å²) in [5.74, 6) is -0.546. The molecule has 6 nitrogen and oxygen atoms in total. The Morgan fingerprint density at radius 2 is 1.73 bits per heavy atom. The molecule has 2 N–H and O–H groups in total. The van der Waals surface area contributed by atoms with E-state index in [0.717, 1.165) is 25.9 Å². The highest BCUT2D eigenvalue weighted by Gasteiger charge is 2.24. The number of nitrogens with zero attached hydrogens (tertiary/aromatic N) is 1. The van der Waals surface area contributed by atoms with Gasteiger partial charge in [0.25, 0.3) is 5.91 Å². The number of nitrogens with one attached hydrogen (secondary N) is 2. The smallest absolute Gasteiger partial charge is 0.251 e. The molecule has 1 atom stereocenters. The van der Waals surface area contributed by atoms with Crippen LogP contribution in [-0.4, -0.2) is 48.3 Å². The van der Waals surface area contributed by atoms with Crippen LogP contribution in [0.4, 0.5) is 0 Å². The topological polar surface area (TPSA) is 78.5 Å². The van der Waals surface area contributed by atoms with Crippen LogP contribution in [0.3, 0.4) is 0 Å². The van der Waals surface area contributed by atoms with E-state index >= 15 is 0 Å². The van der Waals surface area contributed by atoms with Crippen LogP contribution < -0.4 is 10.6 Å². The molecule has 7 heteroatoms. The molecule has 1 fully saturated rings. The van der Waals surface area contributed by atoms with Gasteiger partial charge in [0, 0.05) is 23.7 Å². The Labute approximate surface area is 159 Å². The monoisotopic (exact) mass is 379 g/mol. The number of hydrogen-bond donors (Lipinski definition) is 2. The molecule has 1 aliphatic rings. The van der Waals surface area contributed by atoms with Crippen LogP contribution in [0.15, 0.2) is 24.3 Å². The Hall–Kier alpha value is -2.08. The average Bonchev–Trinajstić information content (AvgIpc) is 3.13. The van der Waals surface area contributed by atoms with Crippen LogP contribution in [-0.2, 0) is 9.59 Å². The number of halogens is 1. The molecule has 0 radical (unpaired) electrons. The number of amides is 3. The van der Waals surface area contributed by atoms with E-state index in [1.165, 1.54) is 0 Å². The molecule has 26 heavy (non-hydrogen) atoms. The van der Waals surface area contributed by atoms with Gasteiger partial charge in [0.2, 0.25) is 11.8 Å². The van der Waals surface area contributed by atoms with E-state index in [0.29, 0.717) is 17.0 Å². The summed E-state index contributed by atoms with van der Waals surface area (Å²) in [6, 6.07) is 5.79. The Morgan fingerprint density at radius 3 is 2.31 bits per heavy atom. The van der Waals surface area contributed by atoms with Crippen molar-refractivity contribution in [2.45, 2.75) is 39.2 Å². The third kappa shape index (κ3) is 6.02. The quantitative estimate of drug-likeness (QED) is 0.762. The predicted molar refractivity (Wildman–Crippen MR) is 101 cm³/mol. The van der Waals surface area contributed by atoms with E-state index in [9.17, 15) is 14.4 Å². The summed E-state index contributed by atoms with van der Waals surface area (Å²) < 4.78 is 0. The van der Waals surface area contributed by atoms with E-state index in [1.54, 1.807) is 29.2 Å². The molecule has 1 aromatic carbocycles. The lowest BCUT2D eigenvalue weighted by molar-refractivity contribution is -0.132. The molecule has 1 heterocycles. The number of likely N-dealkylation sites (tertiary alicyclic amines) is 1. The van der Waals surface area contributed by atoms with Crippen molar-refractivity contribution in [1.82, 2.24) is 15.5 Å². The number of hydrogen-bond acceptors (Lipinski definition) is 3. The number of carbonyl (C=O) groups excluding carboxylic acids is 3. The molecule has 142 valence electrons. The van der Waals surface area contributed by atoms with Gasteiger partial charge in [-0.15, -0.1) is 0 Å². The average molecular weight is 380 g/mol. The van der Waals surface area contributed by atoms with Crippen molar-refractivity contribution in [3.8, 4) is 0 Å². The van der Waals surface area contributed by atoms with Gasteiger partial charge in [0.1, 0.15) is 6.04 Å². The molecule has 0 bridgehead atoms. The fourth-order valence-electron chi connectivity index (χ4n) is 2.91. The maximum Gasteiger partial charge on any atom is 0.251 e. The number of benzene rings is 1. The third-order valence-electron chi connectivity index (χ3n) is 4.31. The number of rotatable bonds is 7. The highest BCUT2D eigenvalue weighted by molar-refractivity contribution is 6.30. The highest BCUT2D eigenvalue weighted by atomic mass is 35.5. The van der Waals surface area contributed by atoms with Gasteiger partial charge in [0.05, 0.1) is 6.54 Å². The summed E-state index contributed by atoms with van der Waals surface area (Å²) in [6.45, 7) is 5.41. The fraction of sp³-hybridized carbons (Fsp3) is 0.526. The first-order valence-corrected chi connectivity index (χ1v) is 9.36. The van der Waals surface area contributed by atoms with Gasteiger partial charge >= 0.3 is 0 Å². The van der Waals surface area contributed by atoms with Crippen LogP contribution in [0.25, 0.3) is 0 Å². The zero-order chi connectivity index (χ0) is 19.1. The summed E-state index contributed by atoms with van der Waals surface area (Å²) >= 11 is 5.83. The predicted octanol–water partition coefficient (Wildman–Crippen LogP) is 2.22. The van der Waals surface area contributed by atoms with Crippen molar-refractivity contribution in [1.29, 1.82) is 0 Å². The minimum absolute atomic E-state index is 0.0375.